The van der Waals surface area contributed by atoms with Gasteiger partial charge in [0, 0.05) is 12.1 Å². The lowest BCUT2D eigenvalue weighted by Gasteiger charge is -2.21. The molecular weight excluding hydrogens is 206 g/mol. The molecule has 92 valence electrons. The third-order valence-corrected chi connectivity index (χ3v) is 3.74. The highest BCUT2D eigenvalue weighted by molar-refractivity contribution is 5.35. The van der Waals surface area contributed by atoms with Crippen LogP contribution >= 0.6 is 0 Å². The van der Waals surface area contributed by atoms with E-state index in [4.69, 9.17) is 0 Å². The molecule has 1 aliphatic carbocycles. The van der Waals surface area contributed by atoms with E-state index in [0.717, 1.165) is 0 Å². The van der Waals surface area contributed by atoms with Gasteiger partial charge < -0.3 is 5.32 Å². The van der Waals surface area contributed by atoms with Crippen LogP contribution in [-0.2, 0) is 12.8 Å². The topological polar surface area (TPSA) is 12.0 Å². The molecule has 1 aromatic carbocycles. The van der Waals surface area contributed by atoms with Gasteiger partial charge >= 0.3 is 0 Å². The summed E-state index contributed by atoms with van der Waals surface area (Å²) in [5, 5.41) is 3.53. The number of hydrogen-bond donors (Lipinski definition) is 1. The van der Waals surface area contributed by atoms with Gasteiger partial charge in [-0.15, -0.1) is 6.58 Å². The van der Waals surface area contributed by atoms with Gasteiger partial charge in [-0.25, -0.2) is 0 Å². The molecule has 0 aliphatic heterocycles. The lowest BCUT2D eigenvalue weighted by molar-refractivity contribution is 0.536. The largest absolute Gasteiger partial charge is 0.304 e. The fourth-order valence-corrected chi connectivity index (χ4v) is 2.58. The third kappa shape index (κ3) is 2.98. The minimum atomic E-state index is 0.362. The molecule has 0 radical (unpaired) electrons. The summed E-state index contributed by atoms with van der Waals surface area (Å²) in [4.78, 5) is 0. The average Bonchev–Trinajstić information content (AvgIpc) is 2.38. The van der Waals surface area contributed by atoms with Gasteiger partial charge in [-0.05, 0) is 56.2 Å². The molecular formula is C16H23N. The van der Waals surface area contributed by atoms with E-state index in [-0.39, 0.29) is 0 Å². The Bertz CT molecular complexity index is 395. The molecule has 1 nitrogen and oxygen atoms in total. The maximum atomic E-state index is 3.82. The van der Waals surface area contributed by atoms with Crippen molar-refractivity contribution in [2.75, 3.05) is 0 Å². The first-order chi connectivity index (χ1) is 8.20. The molecule has 2 atom stereocenters. The van der Waals surface area contributed by atoms with Crippen molar-refractivity contribution in [3.8, 4) is 0 Å². The second-order valence-corrected chi connectivity index (χ2v) is 5.15. The predicted molar refractivity (Wildman–Crippen MR) is 74.3 cm³/mol. The first-order valence-corrected chi connectivity index (χ1v) is 6.71. The SMILES string of the molecule is C=CC(C)NC(C)c1ccc2c(c1)CCCC2. The van der Waals surface area contributed by atoms with E-state index in [1.54, 1.807) is 11.1 Å². The Morgan fingerprint density at radius 1 is 1.18 bits per heavy atom. The smallest absolute Gasteiger partial charge is 0.0297 e. The lowest BCUT2D eigenvalue weighted by Crippen LogP contribution is -2.27. The van der Waals surface area contributed by atoms with Crippen LogP contribution in [0.25, 0.3) is 0 Å². The number of aryl methyl sites for hydroxylation is 2. The number of nitrogens with one attached hydrogen (secondary N) is 1. The Kier molecular flexibility index (Phi) is 4.01. The van der Waals surface area contributed by atoms with E-state index in [9.17, 15) is 0 Å². The van der Waals surface area contributed by atoms with Gasteiger partial charge in [-0.2, -0.15) is 0 Å². The van der Waals surface area contributed by atoms with Gasteiger partial charge in [-0.1, -0.05) is 24.3 Å². The van der Waals surface area contributed by atoms with Gasteiger partial charge in [0.2, 0.25) is 0 Å². The fourth-order valence-electron chi connectivity index (χ4n) is 2.58. The van der Waals surface area contributed by atoms with E-state index in [2.05, 4.69) is 43.9 Å². The molecule has 0 saturated carbocycles. The van der Waals surface area contributed by atoms with Gasteiger partial charge in [0.1, 0.15) is 0 Å². The van der Waals surface area contributed by atoms with E-state index in [1.165, 1.54) is 31.2 Å². The van der Waals surface area contributed by atoms with Crippen LogP contribution in [0.5, 0.6) is 0 Å². The summed E-state index contributed by atoms with van der Waals surface area (Å²) < 4.78 is 0. The average molecular weight is 229 g/mol. The van der Waals surface area contributed by atoms with Crippen LogP contribution in [0.4, 0.5) is 0 Å². The first kappa shape index (κ1) is 12.4. The molecule has 0 saturated heterocycles. The van der Waals surface area contributed by atoms with Gasteiger partial charge in [0.15, 0.2) is 0 Å². The second-order valence-electron chi connectivity index (χ2n) is 5.15. The highest BCUT2D eigenvalue weighted by atomic mass is 14.9. The zero-order chi connectivity index (χ0) is 12.3. The quantitative estimate of drug-likeness (QED) is 0.775. The summed E-state index contributed by atoms with van der Waals surface area (Å²) in [7, 11) is 0. The van der Waals surface area contributed by atoms with Crippen LogP contribution < -0.4 is 5.32 Å². The molecule has 17 heavy (non-hydrogen) atoms. The van der Waals surface area contributed by atoms with Crippen LogP contribution in [0, 0.1) is 0 Å². The zero-order valence-corrected chi connectivity index (χ0v) is 11.0. The second kappa shape index (κ2) is 5.50. The Hall–Kier alpha value is -1.08. The molecule has 0 aromatic heterocycles. The van der Waals surface area contributed by atoms with Crippen LogP contribution in [0.2, 0.25) is 0 Å². The Balaban J connectivity index is 2.13. The molecule has 1 heteroatoms. The molecule has 0 heterocycles. The van der Waals surface area contributed by atoms with Crippen molar-refractivity contribution in [2.45, 2.75) is 51.6 Å². The summed E-state index contributed by atoms with van der Waals surface area (Å²) >= 11 is 0. The normalized spacial score (nSPS) is 18.2. The van der Waals surface area contributed by atoms with Gasteiger partial charge in [-0.3, -0.25) is 0 Å². The maximum absolute atomic E-state index is 3.82. The minimum Gasteiger partial charge on any atom is -0.304 e. The molecule has 0 fully saturated rings. The number of rotatable bonds is 4. The lowest BCUT2D eigenvalue weighted by atomic mass is 9.89. The summed E-state index contributed by atoms with van der Waals surface area (Å²) in [6.45, 7) is 8.18. The summed E-state index contributed by atoms with van der Waals surface area (Å²) in [5.41, 5.74) is 4.52. The fraction of sp³-hybridized carbons (Fsp3) is 0.500. The molecule has 0 spiro atoms. The summed E-state index contributed by atoms with van der Waals surface area (Å²) in [6, 6.07) is 7.75. The van der Waals surface area contributed by atoms with Gasteiger partial charge in [0.05, 0.1) is 0 Å². The van der Waals surface area contributed by atoms with Crippen molar-refractivity contribution in [3.63, 3.8) is 0 Å². The van der Waals surface area contributed by atoms with E-state index < -0.39 is 0 Å². The highest BCUT2D eigenvalue weighted by Crippen LogP contribution is 2.24. The van der Waals surface area contributed by atoms with Crippen LogP contribution in [0.15, 0.2) is 30.9 Å². The van der Waals surface area contributed by atoms with Crippen molar-refractivity contribution in [1.82, 2.24) is 5.32 Å². The molecule has 1 aromatic rings. The molecule has 1 aliphatic rings. The third-order valence-electron chi connectivity index (χ3n) is 3.74. The van der Waals surface area contributed by atoms with Crippen molar-refractivity contribution in [1.29, 1.82) is 0 Å². The van der Waals surface area contributed by atoms with Crippen molar-refractivity contribution in [3.05, 3.63) is 47.5 Å². The maximum Gasteiger partial charge on any atom is 0.0297 e. The molecule has 2 unspecified atom stereocenters. The molecule has 0 bridgehead atoms. The number of hydrogen-bond acceptors (Lipinski definition) is 1. The highest BCUT2D eigenvalue weighted by Gasteiger charge is 2.12. The standard InChI is InChI=1S/C16H23N/c1-4-12(2)17-13(3)15-10-9-14-7-5-6-8-16(14)11-15/h4,9-13,17H,1,5-8H2,2-3H3. The molecule has 2 rings (SSSR count). The van der Waals surface area contributed by atoms with E-state index in [1.807, 2.05) is 6.08 Å². The van der Waals surface area contributed by atoms with Gasteiger partial charge in [0.25, 0.3) is 0 Å². The minimum absolute atomic E-state index is 0.362. The summed E-state index contributed by atoms with van der Waals surface area (Å²) in [6.07, 6.45) is 7.18. The van der Waals surface area contributed by atoms with E-state index in [0.29, 0.717) is 12.1 Å². The van der Waals surface area contributed by atoms with Crippen molar-refractivity contribution < 1.29 is 0 Å². The van der Waals surface area contributed by atoms with E-state index >= 15 is 0 Å². The van der Waals surface area contributed by atoms with Crippen LogP contribution in [-0.4, -0.2) is 6.04 Å². The predicted octanol–water partition coefficient (Wildman–Crippen LogP) is 3.79. The summed E-state index contributed by atoms with van der Waals surface area (Å²) in [5.74, 6) is 0. The van der Waals surface area contributed by atoms with Crippen LogP contribution in [0.1, 0.15) is 49.4 Å². The number of fused-ring (bicyclic) bond motifs is 1. The Morgan fingerprint density at radius 3 is 2.59 bits per heavy atom. The van der Waals surface area contributed by atoms with Crippen LogP contribution in [0.3, 0.4) is 0 Å². The molecule has 0 amide bonds. The van der Waals surface area contributed by atoms with Crippen molar-refractivity contribution >= 4 is 0 Å². The Morgan fingerprint density at radius 2 is 1.88 bits per heavy atom. The molecule has 1 N–H and O–H groups in total. The monoisotopic (exact) mass is 229 g/mol. The Labute approximate surface area is 105 Å². The zero-order valence-electron chi connectivity index (χ0n) is 11.0. The van der Waals surface area contributed by atoms with Crippen molar-refractivity contribution in [2.24, 2.45) is 0 Å². The number of benzene rings is 1. The first-order valence-electron chi connectivity index (χ1n) is 6.71.